The number of nitrogens with zero attached hydrogens (tertiary/aromatic N) is 1. The Morgan fingerprint density at radius 3 is 3.12 bits per heavy atom. The Morgan fingerprint density at radius 1 is 1.59 bits per heavy atom. The van der Waals surface area contributed by atoms with E-state index < -0.39 is 0 Å². The fraction of sp³-hybridized carbons (Fsp3) is 0.462. The maximum Gasteiger partial charge on any atom is 0.328 e. The summed E-state index contributed by atoms with van der Waals surface area (Å²) in [7, 11) is 1.44. The van der Waals surface area contributed by atoms with E-state index in [1.165, 1.54) is 7.11 Å². The molecule has 92 valence electrons. The van der Waals surface area contributed by atoms with Crippen LogP contribution in [-0.2, 0) is 16.1 Å². The summed E-state index contributed by atoms with van der Waals surface area (Å²) < 4.78 is 4.84. The molecule has 1 aromatic rings. The second-order valence-corrected chi connectivity index (χ2v) is 4.25. The van der Waals surface area contributed by atoms with Crippen molar-refractivity contribution in [2.45, 2.75) is 25.4 Å². The van der Waals surface area contributed by atoms with E-state index in [2.05, 4.69) is 4.90 Å². The highest BCUT2D eigenvalue weighted by molar-refractivity contribution is 5.80. The van der Waals surface area contributed by atoms with Crippen LogP contribution in [0.25, 0.3) is 0 Å². The molecule has 0 spiro atoms. The number of methoxy groups -OCH3 is 1. The average molecular weight is 234 g/mol. The van der Waals surface area contributed by atoms with E-state index >= 15 is 0 Å². The van der Waals surface area contributed by atoms with Gasteiger partial charge in [-0.25, -0.2) is 4.79 Å². The van der Waals surface area contributed by atoms with Gasteiger partial charge in [0.1, 0.15) is 6.04 Å². The molecule has 1 saturated heterocycles. The number of nitrogens with two attached hydrogens (primary N) is 1. The van der Waals surface area contributed by atoms with E-state index in [1.807, 2.05) is 24.3 Å². The summed E-state index contributed by atoms with van der Waals surface area (Å²) in [6.07, 6.45) is 1.88. The van der Waals surface area contributed by atoms with Gasteiger partial charge in [-0.3, -0.25) is 0 Å². The zero-order valence-corrected chi connectivity index (χ0v) is 10.1. The van der Waals surface area contributed by atoms with Gasteiger partial charge in [-0.05, 0) is 30.5 Å². The molecule has 1 fully saturated rings. The van der Waals surface area contributed by atoms with Crippen molar-refractivity contribution < 1.29 is 9.53 Å². The van der Waals surface area contributed by atoms with Crippen molar-refractivity contribution in [1.29, 1.82) is 0 Å². The van der Waals surface area contributed by atoms with Crippen LogP contribution >= 0.6 is 0 Å². The molecule has 0 aromatic heterocycles. The first-order chi connectivity index (χ1) is 8.26. The van der Waals surface area contributed by atoms with Crippen molar-refractivity contribution in [2.24, 2.45) is 5.73 Å². The molecule has 17 heavy (non-hydrogen) atoms. The number of benzene rings is 1. The SMILES string of the molecule is COC(=O)[C@@H]1CCCN1c1cccc(CN)c1. The molecule has 4 heteroatoms. The summed E-state index contributed by atoms with van der Waals surface area (Å²) >= 11 is 0. The molecule has 1 heterocycles. The maximum absolute atomic E-state index is 11.7. The van der Waals surface area contributed by atoms with Gasteiger partial charge in [-0.1, -0.05) is 12.1 Å². The Kier molecular flexibility index (Phi) is 3.64. The summed E-state index contributed by atoms with van der Waals surface area (Å²) in [5.74, 6) is -0.152. The Hall–Kier alpha value is -1.55. The third-order valence-electron chi connectivity index (χ3n) is 3.20. The minimum Gasteiger partial charge on any atom is -0.467 e. The number of hydrogen-bond acceptors (Lipinski definition) is 4. The lowest BCUT2D eigenvalue weighted by molar-refractivity contribution is -0.141. The first-order valence-electron chi connectivity index (χ1n) is 5.89. The standard InChI is InChI=1S/C13H18N2O2/c1-17-13(16)12-6-3-7-15(12)11-5-2-4-10(8-11)9-14/h2,4-5,8,12H,3,6-7,9,14H2,1H3/t12-/m0/s1. The zero-order valence-electron chi connectivity index (χ0n) is 10.1. The minimum atomic E-state index is -0.152. The van der Waals surface area contributed by atoms with E-state index in [0.29, 0.717) is 6.54 Å². The third-order valence-corrected chi connectivity index (χ3v) is 3.20. The lowest BCUT2D eigenvalue weighted by Crippen LogP contribution is -2.36. The highest BCUT2D eigenvalue weighted by Gasteiger charge is 2.31. The molecule has 0 bridgehead atoms. The molecule has 2 rings (SSSR count). The van der Waals surface area contributed by atoms with Gasteiger partial charge in [-0.15, -0.1) is 0 Å². The van der Waals surface area contributed by atoms with Crippen LogP contribution in [0.2, 0.25) is 0 Å². The number of esters is 1. The Balaban J connectivity index is 2.22. The van der Waals surface area contributed by atoms with E-state index in [9.17, 15) is 4.79 Å². The highest BCUT2D eigenvalue weighted by atomic mass is 16.5. The van der Waals surface area contributed by atoms with Crippen LogP contribution in [0, 0.1) is 0 Å². The number of carbonyl (C=O) groups excluding carboxylic acids is 1. The van der Waals surface area contributed by atoms with Gasteiger partial charge in [0, 0.05) is 18.8 Å². The summed E-state index contributed by atoms with van der Waals surface area (Å²) in [5.41, 5.74) is 7.77. The lowest BCUT2D eigenvalue weighted by atomic mass is 10.1. The fourth-order valence-corrected chi connectivity index (χ4v) is 2.32. The number of anilines is 1. The molecule has 1 aliphatic heterocycles. The molecule has 1 atom stereocenters. The topological polar surface area (TPSA) is 55.6 Å². The van der Waals surface area contributed by atoms with Gasteiger partial charge in [-0.2, -0.15) is 0 Å². The van der Waals surface area contributed by atoms with E-state index in [1.54, 1.807) is 0 Å². The number of hydrogen-bond donors (Lipinski definition) is 1. The van der Waals surface area contributed by atoms with Crippen LogP contribution in [0.4, 0.5) is 5.69 Å². The third kappa shape index (κ3) is 2.42. The monoisotopic (exact) mass is 234 g/mol. The number of rotatable bonds is 3. The van der Waals surface area contributed by atoms with Gasteiger partial charge in [0.25, 0.3) is 0 Å². The van der Waals surface area contributed by atoms with Crippen LogP contribution in [0.1, 0.15) is 18.4 Å². The van der Waals surface area contributed by atoms with Crippen molar-refractivity contribution >= 4 is 11.7 Å². The van der Waals surface area contributed by atoms with Crippen LogP contribution in [0.5, 0.6) is 0 Å². The molecule has 0 unspecified atom stereocenters. The summed E-state index contributed by atoms with van der Waals surface area (Å²) in [6.45, 7) is 1.42. The Morgan fingerprint density at radius 2 is 2.41 bits per heavy atom. The predicted octanol–water partition coefficient (Wildman–Crippen LogP) is 1.29. The summed E-state index contributed by atoms with van der Waals surface area (Å²) in [6, 6.07) is 7.88. The van der Waals surface area contributed by atoms with Crippen LogP contribution in [-0.4, -0.2) is 25.7 Å². The fourth-order valence-electron chi connectivity index (χ4n) is 2.32. The van der Waals surface area contributed by atoms with Crippen LogP contribution < -0.4 is 10.6 Å². The van der Waals surface area contributed by atoms with Crippen molar-refractivity contribution in [3.8, 4) is 0 Å². The molecule has 0 amide bonds. The van der Waals surface area contributed by atoms with Crippen molar-refractivity contribution in [2.75, 3.05) is 18.6 Å². The molecule has 0 saturated carbocycles. The Labute approximate surface area is 101 Å². The minimum absolute atomic E-state index is 0.145. The lowest BCUT2D eigenvalue weighted by Gasteiger charge is -2.25. The van der Waals surface area contributed by atoms with Gasteiger partial charge in [0.15, 0.2) is 0 Å². The molecular weight excluding hydrogens is 216 g/mol. The van der Waals surface area contributed by atoms with Crippen molar-refractivity contribution in [1.82, 2.24) is 0 Å². The van der Waals surface area contributed by atoms with Crippen molar-refractivity contribution in [3.05, 3.63) is 29.8 Å². The van der Waals surface area contributed by atoms with Crippen LogP contribution in [0.3, 0.4) is 0 Å². The second kappa shape index (κ2) is 5.19. The number of carbonyl (C=O) groups is 1. The summed E-state index contributed by atoms with van der Waals surface area (Å²) in [5, 5.41) is 0. The predicted molar refractivity (Wildman–Crippen MR) is 66.7 cm³/mol. The molecule has 2 N–H and O–H groups in total. The molecule has 0 aliphatic carbocycles. The van der Waals surface area contributed by atoms with E-state index in [4.69, 9.17) is 10.5 Å². The molecule has 1 aliphatic rings. The first kappa shape index (κ1) is 11.9. The number of ether oxygens (including phenoxy) is 1. The molecule has 1 aromatic carbocycles. The van der Waals surface area contributed by atoms with E-state index in [0.717, 1.165) is 30.6 Å². The summed E-state index contributed by atoms with van der Waals surface area (Å²) in [4.78, 5) is 13.8. The quantitative estimate of drug-likeness (QED) is 0.801. The molecular formula is C13H18N2O2. The average Bonchev–Trinajstić information content (AvgIpc) is 2.87. The zero-order chi connectivity index (χ0) is 12.3. The molecule has 0 radical (unpaired) electrons. The normalized spacial score (nSPS) is 19.4. The van der Waals surface area contributed by atoms with Gasteiger partial charge < -0.3 is 15.4 Å². The maximum atomic E-state index is 11.7. The van der Waals surface area contributed by atoms with Gasteiger partial charge in [0.05, 0.1) is 7.11 Å². The van der Waals surface area contributed by atoms with Gasteiger partial charge >= 0.3 is 5.97 Å². The highest BCUT2D eigenvalue weighted by Crippen LogP contribution is 2.26. The largest absolute Gasteiger partial charge is 0.467 e. The van der Waals surface area contributed by atoms with Gasteiger partial charge in [0.2, 0.25) is 0 Å². The smallest absolute Gasteiger partial charge is 0.328 e. The Bertz CT molecular complexity index is 406. The molecule has 4 nitrogen and oxygen atoms in total. The van der Waals surface area contributed by atoms with Crippen molar-refractivity contribution in [3.63, 3.8) is 0 Å². The second-order valence-electron chi connectivity index (χ2n) is 4.25. The first-order valence-corrected chi connectivity index (χ1v) is 5.89. The van der Waals surface area contributed by atoms with Crippen LogP contribution in [0.15, 0.2) is 24.3 Å². The van der Waals surface area contributed by atoms with E-state index in [-0.39, 0.29) is 12.0 Å².